The Morgan fingerprint density at radius 1 is 1.44 bits per heavy atom. The lowest BCUT2D eigenvalue weighted by Crippen LogP contribution is -2.23. The fraction of sp³-hybridized carbons (Fsp3) is 0.273. The maximum absolute atomic E-state index is 11.8. The third-order valence-corrected chi connectivity index (χ3v) is 3.31. The molecule has 2 aromatic heterocycles. The van der Waals surface area contributed by atoms with Gasteiger partial charge in [0.2, 0.25) is 10.1 Å². The van der Waals surface area contributed by atoms with E-state index < -0.39 is 0 Å². The third kappa shape index (κ3) is 2.80. The second kappa shape index (κ2) is 5.54. The standard InChI is InChI=1S/C11H13N5OS/c1-7-4-3-5-13-8(7)6-14-9(17)10-15-16-11(12-2)18-10/h3-5H,6H2,1-2H3,(H,12,16)(H,14,17). The van der Waals surface area contributed by atoms with Crippen LogP contribution >= 0.6 is 11.3 Å². The van der Waals surface area contributed by atoms with Crippen molar-refractivity contribution in [2.45, 2.75) is 13.5 Å². The van der Waals surface area contributed by atoms with Gasteiger partial charge in [0.1, 0.15) is 0 Å². The van der Waals surface area contributed by atoms with Crippen LogP contribution in [0.3, 0.4) is 0 Å². The summed E-state index contributed by atoms with van der Waals surface area (Å²) in [5, 5.41) is 14.2. The molecule has 0 atom stereocenters. The molecule has 6 nitrogen and oxygen atoms in total. The number of rotatable bonds is 4. The predicted octanol–water partition coefficient (Wildman–Crippen LogP) is 1.21. The van der Waals surface area contributed by atoms with Crippen molar-refractivity contribution in [2.75, 3.05) is 12.4 Å². The van der Waals surface area contributed by atoms with Gasteiger partial charge in [-0.2, -0.15) is 0 Å². The summed E-state index contributed by atoms with van der Waals surface area (Å²) in [7, 11) is 1.74. The molecule has 2 aromatic rings. The molecule has 2 rings (SSSR count). The molecular weight excluding hydrogens is 250 g/mol. The first-order chi connectivity index (χ1) is 8.70. The van der Waals surface area contributed by atoms with Gasteiger partial charge in [-0.25, -0.2) is 0 Å². The molecular formula is C11H13N5OS. The monoisotopic (exact) mass is 263 g/mol. The first-order valence-electron chi connectivity index (χ1n) is 5.40. The SMILES string of the molecule is CNc1nnc(C(=O)NCc2ncccc2C)s1. The van der Waals surface area contributed by atoms with Gasteiger partial charge in [-0.05, 0) is 18.6 Å². The van der Waals surface area contributed by atoms with E-state index in [4.69, 9.17) is 0 Å². The molecule has 2 N–H and O–H groups in total. The fourth-order valence-corrected chi connectivity index (χ4v) is 1.97. The Hall–Kier alpha value is -2.02. The fourth-order valence-electron chi connectivity index (χ4n) is 1.36. The van der Waals surface area contributed by atoms with Crippen molar-refractivity contribution in [1.82, 2.24) is 20.5 Å². The van der Waals surface area contributed by atoms with Crippen LogP contribution in [0.4, 0.5) is 5.13 Å². The molecule has 2 heterocycles. The number of hydrogen-bond acceptors (Lipinski definition) is 6. The van der Waals surface area contributed by atoms with Crippen LogP contribution < -0.4 is 10.6 Å². The van der Waals surface area contributed by atoms with Crippen molar-refractivity contribution < 1.29 is 4.79 Å². The molecule has 94 valence electrons. The minimum absolute atomic E-state index is 0.237. The summed E-state index contributed by atoms with van der Waals surface area (Å²) in [6.45, 7) is 2.35. The minimum Gasteiger partial charge on any atom is -0.363 e. The summed E-state index contributed by atoms with van der Waals surface area (Å²) in [6.07, 6.45) is 1.71. The van der Waals surface area contributed by atoms with Crippen molar-refractivity contribution in [3.63, 3.8) is 0 Å². The van der Waals surface area contributed by atoms with Gasteiger partial charge >= 0.3 is 0 Å². The van der Waals surface area contributed by atoms with Crippen LogP contribution in [0.15, 0.2) is 18.3 Å². The normalized spacial score (nSPS) is 10.1. The maximum Gasteiger partial charge on any atom is 0.282 e. The van der Waals surface area contributed by atoms with E-state index in [1.165, 1.54) is 11.3 Å². The number of pyridine rings is 1. The van der Waals surface area contributed by atoms with Crippen molar-refractivity contribution >= 4 is 22.4 Å². The number of carbonyl (C=O) groups is 1. The van der Waals surface area contributed by atoms with E-state index in [0.29, 0.717) is 16.7 Å². The Balaban J connectivity index is 1.98. The number of hydrogen-bond donors (Lipinski definition) is 2. The molecule has 1 amide bonds. The molecule has 0 aliphatic rings. The zero-order chi connectivity index (χ0) is 13.0. The smallest absolute Gasteiger partial charge is 0.282 e. The third-order valence-electron chi connectivity index (χ3n) is 2.37. The summed E-state index contributed by atoms with van der Waals surface area (Å²) in [6, 6.07) is 3.82. The highest BCUT2D eigenvalue weighted by atomic mass is 32.1. The van der Waals surface area contributed by atoms with Crippen LogP contribution in [-0.2, 0) is 6.54 Å². The first-order valence-corrected chi connectivity index (χ1v) is 6.22. The number of aryl methyl sites for hydroxylation is 1. The van der Waals surface area contributed by atoms with Crippen LogP contribution in [0.25, 0.3) is 0 Å². The van der Waals surface area contributed by atoms with Gasteiger partial charge in [0.05, 0.1) is 12.2 Å². The van der Waals surface area contributed by atoms with E-state index in [2.05, 4.69) is 25.8 Å². The highest BCUT2D eigenvalue weighted by molar-refractivity contribution is 7.17. The molecule has 0 unspecified atom stereocenters. The summed E-state index contributed by atoms with van der Waals surface area (Å²) in [5.74, 6) is -0.237. The molecule has 7 heteroatoms. The second-order valence-corrected chi connectivity index (χ2v) is 4.59. The summed E-state index contributed by atoms with van der Waals surface area (Å²) in [4.78, 5) is 16.0. The Labute approximate surface area is 108 Å². The van der Waals surface area contributed by atoms with E-state index in [1.54, 1.807) is 13.2 Å². The van der Waals surface area contributed by atoms with Crippen LogP contribution in [0, 0.1) is 6.92 Å². The lowest BCUT2D eigenvalue weighted by Gasteiger charge is -2.04. The summed E-state index contributed by atoms with van der Waals surface area (Å²) in [5.41, 5.74) is 1.90. The van der Waals surface area contributed by atoms with Crippen molar-refractivity contribution in [1.29, 1.82) is 0 Å². The number of nitrogens with one attached hydrogen (secondary N) is 2. The minimum atomic E-state index is -0.237. The van der Waals surface area contributed by atoms with Crippen molar-refractivity contribution in [3.8, 4) is 0 Å². The van der Waals surface area contributed by atoms with Gasteiger partial charge in [0.15, 0.2) is 0 Å². The predicted molar refractivity (Wildman–Crippen MR) is 69.6 cm³/mol. The molecule has 0 bridgehead atoms. The Bertz CT molecular complexity index is 554. The van der Waals surface area contributed by atoms with Gasteiger partial charge in [-0.15, -0.1) is 10.2 Å². The molecule has 0 aliphatic carbocycles. The lowest BCUT2D eigenvalue weighted by atomic mass is 10.2. The van der Waals surface area contributed by atoms with E-state index >= 15 is 0 Å². The molecule has 0 radical (unpaired) electrons. The van der Waals surface area contributed by atoms with Crippen LogP contribution in [0.1, 0.15) is 21.1 Å². The number of anilines is 1. The zero-order valence-electron chi connectivity index (χ0n) is 10.1. The summed E-state index contributed by atoms with van der Waals surface area (Å²) >= 11 is 1.21. The quantitative estimate of drug-likeness (QED) is 0.866. The molecule has 0 saturated heterocycles. The summed E-state index contributed by atoms with van der Waals surface area (Å²) < 4.78 is 0. The molecule has 0 aromatic carbocycles. The van der Waals surface area contributed by atoms with E-state index in [1.807, 2.05) is 19.1 Å². The number of nitrogens with zero attached hydrogens (tertiary/aromatic N) is 3. The largest absolute Gasteiger partial charge is 0.363 e. The molecule has 0 aliphatic heterocycles. The van der Waals surface area contributed by atoms with Crippen molar-refractivity contribution in [2.24, 2.45) is 0 Å². The van der Waals surface area contributed by atoms with E-state index in [0.717, 1.165) is 11.3 Å². The Morgan fingerprint density at radius 3 is 2.94 bits per heavy atom. The van der Waals surface area contributed by atoms with Crippen molar-refractivity contribution in [3.05, 3.63) is 34.6 Å². The Morgan fingerprint density at radius 2 is 2.28 bits per heavy atom. The molecule has 0 saturated carbocycles. The first kappa shape index (κ1) is 12.4. The highest BCUT2D eigenvalue weighted by Crippen LogP contribution is 2.14. The number of aromatic nitrogens is 3. The average Bonchev–Trinajstić information content (AvgIpc) is 2.86. The van der Waals surface area contributed by atoms with E-state index in [9.17, 15) is 4.79 Å². The molecule has 18 heavy (non-hydrogen) atoms. The number of amides is 1. The van der Waals surface area contributed by atoms with Gasteiger partial charge in [0, 0.05) is 13.2 Å². The average molecular weight is 263 g/mol. The van der Waals surface area contributed by atoms with E-state index in [-0.39, 0.29) is 5.91 Å². The number of carbonyl (C=O) groups excluding carboxylic acids is 1. The van der Waals surface area contributed by atoms with Gasteiger partial charge < -0.3 is 10.6 Å². The van der Waals surface area contributed by atoms with Crippen LogP contribution in [0.2, 0.25) is 0 Å². The topological polar surface area (TPSA) is 79.8 Å². The molecule has 0 spiro atoms. The second-order valence-electron chi connectivity index (χ2n) is 3.61. The Kier molecular flexibility index (Phi) is 3.83. The van der Waals surface area contributed by atoms with Crippen LogP contribution in [0.5, 0.6) is 0 Å². The van der Waals surface area contributed by atoms with Crippen LogP contribution in [-0.4, -0.2) is 28.1 Å². The lowest BCUT2D eigenvalue weighted by molar-refractivity contribution is 0.0949. The zero-order valence-corrected chi connectivity index (χ0v) is 10.9. The molecule has 0 fully saturated rings. The van der Waals surface area contributed by atoms with Gasteiger partial charge in [0.25, 0.3) is 5.91 Å². The van der Waals surface area contributed by atoms with Gasteiger partial charge in [-0.1, -0.05) is 17.4 Å². The van der Waals surface area contributed by atoms with Gasteiger partial charge in [-0.3, -0.25) is 9.78 Å². The highest BCUT2D eigenvalue weighted by Gasteiger charge is 2.12. The maximum atomic E-state index is 11.8.